The van der Waals surface area contributed by atoms with Gasteiger partial charge in [-0.1, -0.05) is 30.9 Å². The first-order chi connectivity index (χ1) is 11.6. The SMILES string of the molecule is C=CCOc1cccc(NCC(=O)Nc2ccccc2C(N)=O)c1. The third-order valence-electron chi connectivity index (χ3n) is 3.12. The number of ether oxygens (including phenoxy) is 1. The molecule has 0 aromatic heterocycles. The van der Waals surface area contributed by atoms with Crippen LogP contribution in [0, 0.1) is 0 Å². The maximum atomic E-state index is 12.0. The van der Waals surface area contributed by atoms with Crippen LogP contribution >= 0.6 is 0 Å². The van der Waals surface area contributed by atoms with Gasteiger partial charge in [0.05, 0.1) is 17.8 Å². The molecule has 2 aromatic rings. The fourth-order valence-electron chi connectivity index (χ4n) is 2.03. The first-order valence-corrected chi connectivity index (χ1v) is 7.36. The van der Waals surface area contributed by atoms with E-state index < -0.39 is 5.91 Å². The highest BCUT2D eigenvalue weighted by molar-refractivity contribution is 6.03. The average Bonchev–Trinajstić information content (AvgIpc) is 2.59. The van der Waals surface area contributed by atoms with Gasteiger partial charge in [0, 0.05) is 11.8 Å². The number of nitrogens with one attached hydrogen (secondary N) is 2. The van der Waals surface area contributed by atoms with Crippen LogP contribution in [0.2, 0.25) is 0 Å². The molecule has 0 saturated heterocycles. The number of hydrogen-bond donors (Lipinski definition) is 3. The van der Waals surface area contributed by atoms with Crippen LogP contribution in [0.25, 0.3) is 0 Å². The number of carbonyl (C=O) groups excluding carboxylic acids is 2. The second kappa shape index (κ2) is 8.38. The van der Waals surface area contributed by atoms with Crippen molar-refractivity contribution in [1.82, 2.24) is 0 Å². The van der Waals surface area contributed by atoms with E-state index in [4.69, 9.17) is 10.5 Å². The van der Waals surface area contributed by atoms with Crippen LogP contribution in [0.1, 0.15) is 10.4 Å². The van der Waals surface area contributed by atoms with Gasteiger partial charge in [0.2, 0.25) is 5.91 Å². The number of rotatable bonds is 8. The molecule has 2 amide bonds. The Labute approximate surface area is 140 Å². The molecule has 24 heavy (non-hydrogen) atoms. The molecule has 0 radical (unpaired) electrons. The van der Waals surface area contributed by atoms with Crippen LogP contribution in [0.15, 0.2) is 61.2 Å². The Morgan fingerprint density at radius 3 is 2.71 bits per heavy atom. The van der Waals surface area contributed by atoms with Gasteiger partial charge in [0.1, 0.15) is 12.4 Å². The molecule has 0 spiro atoms. The van der Waals surface area contributed by atoms with Crippen molar-refractivity contribution in [2.75, 3.05) is 23.8 Å². The van der Waals surface area contributed by atoms with Crippen LogP contribution in [-0.2, 0) is 4.79 Å². The Hall–Kier alpha value is -3.28. The lowest BCUT2D eigenvalue weighted by atomic mass is 10.1. The fraction of sp³-hybridized carbons (Fsp3) is 0.111. The standard InChI is InChI=1S/C18H19N3O3/c1-2-10-24-14-7-5-6-13(11-14)20-12-17(22)21-16-9-4-3-8-15(16)18(19)23/h2-9,11,20H,1,10,12H2,(H2,19,23)(H,21,22). The molecule has 0 saturated carbocycles. The summed E-state index contributed by atoms with van der Waals surface area (Å²) in [6.45, 7) is 4.04. The molecule has 2 rings (SSSR count). The largest absolute Gasteiger partial charge is 0.489 e. The lowest BCUT2D eigenvalue weighted by molar-refractivity contribution is -0.114. The maximum Gasteiger partial charge on any atom is 0.250 e. The normalized spacial score (nSPS) is 9.83. The van der Waals surface area contributed by atoms with Crippen molar-refractivity contribution < 1.29 is 14.3 Å². The van der Waals surface area contributed by atoms with Crippen molar-refractivity contribution in [3.63, 3.8) is 0 Å². The van der Waals surface area contributed by atoms with Crippen LogP contribution in [0.3, 0.4) is 0 Å². The first kappa shape index (κ1) is 17.1. The summed E-state index contributed by atoms with van der Waals surface area (Å²) in [7, 11) is 0. The van der Waals surface area contributed by atoms with Crippen molar-refractivity contribution in [2.24, 2.45) is 5.73 Å². The van der Waals surface area contributed by atoms with Crippen LogP contribution in [0.4, 0.5) is 11.4 Å². The summed E-state index contributed by atoms with van der Waals surface area (Å²) >= 11 is 0. The molecular formula is C18H19N3O3. The van der Waals surface area contributed by atoms with Crippen molar-refractivity contribution in [3.05, 3.63) is 66.7 Å². The predicted molar refractivity (Wildman–Crippen MR) is 94.2 cm³/mol. The number of primary amides is 1. The Morgan fingerprint density at radius 2 is 1.96 bits per heavy atom. The Balaban J connectivity index is 1.94. The highest BCUT2D eigenvalue weighted by atomic mass is 16.5. The third kappa shape index (κ3) is 4.88. The maximum absolute atomic E-state index is 12.0. The van der Waals surface area contributed by atoms with E-state index in [9.17, 15) is 9.59 Å². The Morgan fingerprint density at radius 1 is 1.17 bits per heavy atom. The number of anilines is 2. The molecule has 0 heterocycles. The molecule has 0 aliphatic rings. The summed E-state index contributed by atoms with van der Waals surface area (Å²) in [4.78, 5) is 23.4. The van der Waals surface area contributed by atoms with Crippen molar-refractivity contribution >= 4 is 23.2 Å². The average molecular weight is 325 g/mol. The molecule has 0 aliphatic heterocycles. The van der Waals surface area contributed by atoms with Crippen LogP contribution < -0.4 is 21.1 Å². The monoisotopic (exact) mass is 325 g/mol. The quantitative estimate of drug-likeness (QED) is 0.650. The van der Waals surface area contributed by atoms with Gasteiger partial charge in [-0.05, 0) is 24.3 Å². The zero-order chi connectivity index (χ0) is 17.4. The third-order valence-corrected chi connectivity index (χ3v) is 3.12. The van der Waals surface area contributed by atoms with E-state index in [1.807, 2.05) is 18.2 Å². The van der Waals surface area contributed by atoms with E-state index in [1.165, 1.54) is 0 Å². The van der Waals surface area contributed by atoms with Gasteiger partial charge in [-0.25, -0.2) is 0 Å². The minimum Gasteiger partial charge on any atom is -0.489 e. The molecule has 6 nitrogen and oxygen atoms in total. The van der Waals surface area contributed by atoms with Crippen molar-refractivity contribution in [2.45, 2.75) is 0 Å². The number of hydrogen-bond acceptors (Lipinski definition) is 4. The molecule has 0 atom stereocenters. The summed E-state index contributed by atoms with van der Waals surface area (Å²) < 4.78 is 5.43. The number of carbonyl (C=O) groups is 2. The molecular weight excluding hydrogens is 306 g/mol. The highest BCUT2D eigenvalue weighted by Crippen LogP contribution is 2.17. The second-order valence-electron chi connectivity index (χ2n) is 4.94. The van der Waals surface area contributed by atoms with Gasteiger partial charge in [-0.3, -0.25) is 9.59 Å². The molecule has 0 fully saturated rings. The number of benzene rings is 2. The number of para-hydroxylation sites is 1. The summed E-state index contributed by atoms with van der Waals surface area (Å²) in [5, 5.41) is 5.66. The van der Waals surface area contributed by atoms with E-state index in [0.29, 0.717) is 18.0 Å². The van der Waals surface area contributed by atoms with E-state index in [-0.39, 0.29) is 18.0 Å². The lowest BCUT2D eigenvalue weighted by Crippen LogP contribution is -2.24. The molecule has 124 valence electrons. The number of amides is 2. The van der Waals surface area contributed by atoms with Crippen molar-refractivity contribution in [1.29, 1.82) is 0 Å². The summed E-state index contributed by atoms with van der Waals surface area (Å²) in [6.07, 6.45) is 1.66. The summed E-state index contributed by atoms with van der Waals surface area (Å²) in [5.74, 6) is -0.202. The topological polar surface area (TPSA) is 93.4 Å². The molecule has 0 bridgehead atoms. The number of nitrogens with two attached hydrogens (primary N) is 1. The van der Waals surface area contributed by atoms with Gasteiger partial charge < -0.3 is 21.1 Å². The highest BCUT2D eigenvalue weighted by Gasteiger charge is 2.10. The predicted octanol–water partition coefficient (Wildman–Crippen LogP) is 2.40. The van der Waals surface area contributed by atoms with Gasteiger partial charge >= 0.3 is 0 Å². The van der Waals surface area contributed by atoms with Gasteiger partial charge in [0.25, 0.3) is 5.91 Å². The molecule has 0 unspecified atom stereocenters. The van der Waals surface area contributed by atoms with E-state index in [0.717, 1.165) is 5.69 Å². The van der Waals surface area contributed by atoms with E-state index >= 15 is 0 Å². The van der Waals surface area contributed by atoms with Crippen molar-refractivity contribution in [3.8, 4) is 5.75 Å². The van der Waals surface area contributed by atoms with E-state index in [2.05, 4.69) is 17.2 Å². The zero-order valence-electron chi connectivity index (χ0n) is 13.1. The van der Waals surface area contributed by atoms with E-state index in [1.54, 1.807) is 36.4 Å². The second-order valence-corrected chi connectivity index (χ2v) is 4.94. The molecule has 2 aromatic carbocycles. The lowest BCUT2D eigenvalue weighted by Gasteiger charge is -2.11. The smallest absolute Gasteiger partial charge is 0.250 e. The molecule has 0 aliphatic carbocycles. The van der Waals surface area contributed by atoms with Gasteiger partial charge in [-0.15, -0.1) is 0 Å². The minimum absolute atomic E-state index is 0.0397. The summed E-state index contributed by atoms with van der Waals surface area (Å²) in [5.41, 5.74) is 6.69. The van der Waals surface area contributed by atoms with Crippen LogP contribution in [0.5, 0.6) is 5.75 Å². The van der Waals surface area contributed by atoms with Crippen LogP contribution in [-0.4, -0.2) is 25.0 Å². The van der Waals surface area contributed by atoms with Gasteiger partial charge in [-0.2, -0.15) is 0 Å². The fourth-order valence-corrected chi connectivity index (χ4v) is 2.03. The molecule has 4 N–H and O–H groups in total. The minimum atomic E-state index is -0.592. The Kier molecular flexibility index (Phi) is 5.96. The zero-order valence-corrected chi connectivity index (χ0v) is 13.1. The molecule has 6 heteroatoms. The Bertz CT molecular complexity index is 744. The first-order valence-electron chi connectivity index (χ1n) is 7.36. The summed E-state index contributed by atoms with van der Waals surface area (Å²) in [6, 6.07) is 13.8. The van der Waals surface area contributed by atoms with Gasteiger partial charge in [0.15, 0.2) is 0 Å².